The SMILES string of the molecule is Cc1cccc(OCc2c(C(=O)Nc3c(C)nn(Cc4cccc5ccccc45)c3C)noc2C)c1C. The highest BCUT2D eigenvalue weighted by Crippen LogP contribution is 2.26. The van der Waals surface area contributed by atoms with E-state index in [0.717, 1.165) is 28.3 Å². The minimum Gasteiger partial charge on any atom is -0.488 e. The van der Waals surface area contributed by atoms with E-state index in [9.17, 15) is 4.79 Å². The molecule has 0 aliphatic heterocycles. The third-order valence-corrected chi connectivity index (χ3v) is 6.95. The predicted molar refractivity (Wildman–Crippen MR) is 144 cm³/mol. The third-order valence-electron chi connectivity index (χ3n) is 6.95. The number of anilines is 1. The molecule has 5 rings (SSSR count). The molecule has 188 valence electrons. The second-order valence-electron chi connectivity index (χ2n) is 9.35. The van der Waals surface area contributed by atoms with E-state index < -0.39 is 0 Å². The van der Waals surface area contributed by atoms with Crippen molar-refractivity contribution >= 4 is 22.4 Å². The van der Waals surface area contributed by atoms with Crippen LogP contribution in [0, 0.1) is 34.6 Å². The van der Waals surface area contributed by atoms with Crippen LogP contribution in [0.15, 0.2) is 65.2 Å². The lowest BCUT2D eigenvalue weighted by Gasteiger charge is -2.11. The average molecular weight is 495 g/mol. The molecule has 0 atom stereocenters. The van der Waals surface area contributed by atoms with Crippen LogP contribution in [0.5, 0.6) is 5.75 Å². The van der Waals surface area contributed by atoms with Gasteiger partial charge in [0.1, 0.15) is 18.1 Å². The van der Waals surface area contributed by atoms with Crippen LogP contribution in [0.3, 0.4) is 0 Å². The van der Waals surface area contributed by atoms with Crippen LogP contribution in [0.4, 0.5) is 5.69 Å². The topological polar surface area (TPSA) is 82.2 Å². The van der Waals surface area contributed by atoms with Crippen LogP contribution < -0.4 is 10.1 Å². The number of aromatic nitrogens is 3. The van der Waals surface area contributed by atoms with Crippen molar-refractivity contribution in [1.82, 2.24) is 14.9 Å². The number of carbonyl (C=O) groups is 1. The van der Waals surface area contributed by atoms with Crippen molar-refractivity contribution in [2.75, 3.05) is 5.32 Å². The molecule has 0 aliphatic carbocycles. The van der Waals surface area contributed by atoms with Crippen LogP contribution in [-0.2, 0) is 13.2 Å². The van der Waals surface area contributed by atoms with Gasteiger partial charge in [0.15, 0.2) is 5.69 Å². The van der Waals surface area contributed by atoms with Gasteiger partial charge in [-0.25, -0.2) is 0 Å². The zero-order chi connectivity index (χ0) is 26.1. The zero-order valence-corrected chi connectivity index (χ0v) is 21.8. The van der Waals surface area contributed by atoms with Crippen LogP contribution in [0.2, 0.25) is 0 Å². The Morgan fingerprint density at radius 3 is 2.57 bits per heavy atom. The molecule has 1 N–H and O–H groups in total. The summed E-state index contributed by atoms with van der Waals surface area (Å²) in [5, 5.41) is 14.1. The van der Waals surface area contributed by atoms with E-state index in [0.29, 0.717) is 23.6 Å². The Hall–Kier alpha value is -4.39. The third kappa shape index (κ3) is 4.72. The van der Waals surface area contributed by atoms with Crippen molar-refractivity contribution in [3.8, 4) is 5.75 Å². The predicted octanol–water partition coefficient (Wildman–Crippen LogP) is 6.45. The van der Waals surface area contributed by atoms with E-state index in [4.69, 9.17) is 14.4 Å². The van der Waals surface area contributed by atoms with Crippen molar-refractivity contribution in [3.05, 3.63) is 106 Å². The van der Waals surface area contributed by atoms with Gasteiger partial charge in [0.05, 0.1) is 29.2 Å². The van der Waals surface area contributed by atoms with E-state index in [1.807, 2.05) is 62.7 Å². The molecular formula is C30H30N4O3. The maximum Gasteiger partial charge on any atom is 0.278 e. The molecule has 0 saturated carbocycles. The summed E-state index contributed by atoms with van der Waals surface area (Å²) < 4.78 is 13.3. The van der Waals surface area contributed by atoms with Gasteiger partial charge < -0.3 is 14.6 Å². The molecule has 3 aromatic carbocycles. The summed E-state index contributed by atoms with van der Waals surface area (Å²) in [6, 6.07) is 20.5. The molecule has 0 radical (unpaired) electrons. The number of rotatable bonds is 7. The fourth-order valence-corrected chi connectivity index (χ4v) is 4.57. The summed E-state index contributed by atoms with van der Waals surface area (Å²) in [6.07, 6.45) is 0. The number of hydrogen-bond acceptors (Lipinski definition) is 5. The largest absolute Gasteiger partial charge is 0.488 e. The summed E-state index contributed by atoms with van der Waals surface area (Å²) in [5.41, 5.74) is 6.48. The number of nitrogens with zero attached hydrogens (tertiary/aromatic N) is 3. The van der Waals surface area contributed by atoms with Gasteiger partial charge in [0, 0.05) is 0 Å². The molecule has 2 heterocycles. The Morgan fingerprint density at radius 2 is 1.73 bits per heavy atom. The molecule has 5 aromatic rings. The van der Waals surface area contributed by atoms with Crippen molar-refractivity contribution in [1.29, 1.82) is 0 Å². The smallest absolute Gasteiger partial charge is 0.278 e. The highest BCUT2D eigenvalue weighted by molar-refractivity contribution is 6.04. The van der Waals surface area contributed by atoms with Gasteiger partial charge in [-0.15, -0.1) is 0 Å². The van der Waals surface area contributed by atoms with Gasteiger partial charge in [0.25, 0.3) is 5.91 Å². The van der Waals surface area contributed by atoms with Crippen molar-refractivity contribution in [3.63, 3.8) is 0 Å². The maximum absolute atomic E-state index is 13.3. The maximum atomic E-state index is 13.3. The average Bonchev–Trinajstić information content (AvgIpc) is 3.39. The number of nitrogens with one attached hydrogen (secondary N) is 1. The first-order valence-electron chi connectivity index (χ1n) is 12.3. The Morgan fingerprint density at radius 1 is 0.973 bits per heavy atom. The lowest BCUT2D eigenvalue weighted by Crippen LogP contribution is -2.16. The first-order valence-corrected chi connectivity index (χ1v) is 12.3. The van der Waals surface area contributed by atoms with Crippen LogP contribution in [0.1, 0.15) is 49.9 Å². The summed E-state index contributed by atoms with van der Waals surface area (Å²) in [7, 11) is 0. The highest BCUT2D eigenvalue weighted by atomic mass is 16.5. The molecule has 0 spiro atoms. The lowest BCUT2D eigenvalue weighted by atomic mass is 10.0. The number of fused-ring (bicyclic) bond motifs is 1. The second kappa shape index (κ2) is 9.93. The van der Waals surface area contributed by atoms with Crippen molar-refractivity contribution in [2.24, 2.45) is 0 Å². The van der Waals surface area contributed by atoms with Gasteiger partial charge >= 0.3 is 0 Å². The standard InChI is InChI=1S/C30H30N4O3/c1-18-10-8-15-27(19(18)2)36-17-26-22(5)37-33-29(26)30(35)31-28-20(3)32-34(21(28)4)16-24-13-9-12-23-11-6-7-14-25(23)24/h6-15H,16-17H2,1-5H3,(H,31,35). The first kappa shape index (κ1) is 24.3. The lowest BCUT2D eigenvalue weighted by molar-refractivity contribution is 0.101. The first-order chi connectivity index (χ1) is 17.8. The Kier molecular flexibility index (Phi) is 6.53. The number of carbonyl (C=O) groups excluding carboxylic acids is 1. The molecule has 0 aliphatic rings. The Balaban J connectivity index is 1.36. The van der Waals surface area contributed by atoms with E-state index in [-0.39, 0.29) is 18.2 Å². The molecule has 37 heavy (non-hydrogen) atoms. The summed E-state index contributed by atoms with van der Waals surface area (Å²) in [4.78, 5) is 13.3. The van der Waals surface area contributed by atoms with Gasteiger partial charge in [-0.05, 0) is 68.1 Å². The monoisotopic (exact) mass is 494 g/mol. The molecule has 0 fully saturated rings. The van der Waals surface area contributed by atoms with Crippen molar-refractivity contribution < 1.29 is 14.1 Å². The van der Waals surface area contributed by atoms with E-state index in [1.54, 1.807) is 6.92 Å². The Bertz CT molecular complexity index is 1610. The molecule has 0 unspecified atom stereocenters. The molecular weight excluding hydrogens is 464 g/mol. The summed E-state index contributed by atoms with van der Waals surface area (Å²) in [6.45, 7) is 10.5. The normalized spacial score (nSPS) is 11.2. The number of benzene rings is 3. The zero-order valence-electron chi connectivity index (χ0n) is 21.8. The summed E-state index contributed by atoms with van der Waals surface area (Å²) >= 11 is 0. The number of aryl methyl sites for hydroxylation is 3. The Labute approximate surface area is 216 Å². The second-order valence-corrected chi connectivity index (χ2v) is 9.35. The van der Waals surface area contributed by atoms with Gasteiger partial charge in [-0.1, -0.05) is 59.8 Å². The van der Waals surface area contributed by atoms with E-state index in [2.05, 4.69) is 40.8 Å². The number of hydrogen-bond donors (Lipinski definition) is 1. The summed E-state index contributed by atoms with van der Waals surface area (Å²) in [5.74, 6) is 0.969. The fourth-order valence-electron chi connectivity index (χ4n) is 4.57. The quantitative estimate of drug-likeness (QED) is 0.281. The molecule has 7 nitrogen and oxygen atoms in total. The van der Waals surface area contributed by atoms with Crippen LogP contribution in [0.25, 0.3) is 10.8 Å². The van der Waals surface area contributed by atoms with Crippen LogP contribution >= 0.6 is 0 Å². The van der Waals surface area contributed by atoms with E-state index in [1.165, 1.54) is 16.3 Å². The minimum atomic E-state index is -0.354. The van der Waals surface area contributed by atoms with Gasteiger partial charge in [-0.3, -0.25) is 9.48 Å². The van der Waals surface area contributed by atoms with Crippen LogP contribution in [-0.4, -0.2) is 20.8 Å². The molecule has 7 heteroatoms. The number of amides is 1. The van der Waals surface area contributed by atoms with Gasteiger partial charge in [0.2, 0.25) is 0 Å². The fraction of sp³-hybridized carbons (Fsp3) is 0.233. The minimum absolute atomic E-state index is 0.181. The molecule has 1 amide bonds. The van der Waals surface area contributed by atoms with Crippen molar-refractivity contribution in [2.45, 2.75) is 47.8 Å². The van der Waals surface area contributed by atoms with E-state index >= 15 is 0 Å². The molecule has 0 bridgehead atoms. The molecule has 0 saturated heterocycles. The highest BCUT2D eigenvalue weighted by Gasteiger charge is 2.23. The number of ether oxygens (including phenoxy) is 1. The molecule has 2 aromatic heterocycles. The van der Waals surface area contributed by atoms with Gasteiger partial charge in [-0.2, -0.15) is 5.10 Å².